The Balaban J connectivity index is 2.44. The van der Waals surface area contributed by atoms with Crippen molar-refractivity contribution in [1.82, 2.24) is 0 Å². The van der Waals surface area contributed by atoms with Gasteiger partial charge in [-0.05, 0) is 30.3 Å². The summed E-state index contributed by atoms with van der Waals surface area (Å²) in [6.07, 6.45) is 0. The van der Waals surface area contributed by atoms with Crippen molar-refractivity contribution in [3.8, 4) is 11.5 Å². The van der Waals surface area contributed by atoms with Crippen LogP contribution in [0.5, 0.6) is 11.5 Å². The Labute approximate surface area is 154 Å². The van der Waals surface area contributed by atoms with Crippen molar-refractivity contribution in [1.29, 1.82) is 0 Å². The Morgan fingerprint density at radius 3 is 2.04 bits per heavy atom. The van der Waals surface area contributed by atoms with Gasteiger partial charge >= 0.3 is 17.9 Å². The first-order chi connectivity index (χ1) is 12.8. The van der Waals surface area contributed by atoms with Gasteiger partial charge in [0.25, 0.3) is 5.91 Å². The molecule has 0 aliphatic heterocycles. The molecule has 2 aromatic rings. The minimum absolute atomic E-state index is 0.0289. The third-order valence-electron chi connectivity index (χ3n) is 3.30. The zero-order valence-corrected chi connectivity index (χ0v) is 14.7. The molecule has 0 aromatic heterocycles. The molecular formula is C19H17NO7. The van der Waals surface area contributed by atoms with E-state index in [-0.39, 0.29) is 17.1 Å². The van der Waals surface area contributed by atoms with E-state index in [2.05, 4.69) is 0 Å². The lowest BCUT2D eigenvalue weighted by atomic mass is 10.1. The van der Waals surface area contributed by atoms with E-state index in [9.17, 15) is 19.2 Å². The quantitative estimate of drug-likeness (QED) is 0.612. The van der Waals surface area contributed by atoms with E-state index in [1.165, 1.54) is 25.1 Å². The number of carbonyl (C=O) groups excluding carboxylic acids is 3. The maximum Gasteiger partial charge on any atom is 0.323 e. The van der Waals surface area contributed by atoms with Crippen LogP contribution in [0, 0.1) is 0 Å². The summed E-state index contributed by atoms with van der Waals surface area (Å²) in [6.45, 7) is 1.78. The number of para-hydroxylation sites is 1. The standard InChI is InChI=1S/C19H17NO7/c1-12(21)26-16-9-8-14(10-17(16)27-13(2)22)19(25)20(11-18(23)24)15-6-4-3-5-7-15/h3-10H,11H2,1-2H3,(H,23,24). The Morgan fingerprint density at radius 1 is 0.889 bits per heavy atom. The molecule has 0 atom stereocenters. The SMILES string of the molecule is CC(=O)Oc1ccc(C(=O)N(CC(=O)O)c2ccccc2)cc1OC(C)=O. The second-order valence-corrected chi connectivity index (χ2v) is 5.47. The fourth-order valence-electron chi connectivity index (χ4n) is 2.29. The molecule has 140 valence electrons. The monoisotopic (exact) mass is 371 g/mol. The number of carbonyl (C=O) groups is 4. The number of anilines is 1. The molecule has 0 unspecified atom stereocenters. The van der Waals surface area contributed by atoms with Crippen molar-refractivity contribution in [2.24, 2.45) is 0 Å². The Bertz CT molecular complexity index is 877. The van der Waals surface area contributed by atoms with Crippen molar-refractivity contribution in [2.75, 3.05) is 11.4 Å². The minimum atomic E-state index is -1.19. The molecule has 2 rings (SSSR count). The zero-order valence-electron chi connectivity index (χ0n) is 14.7. The topological polar surface area (TPSA) is 110 Å². The zero-order chi connectivity index (χ0) is 20.0. The highest BCUT2D eigenvalue weighted by Gasteiger charge is 2.22. The molecule has 0 spiro atoms. The number of amides is 1. The molecule has 0 heterocycles. The number of ether oxygens (including phenoxy) is 2. The van der Waals surface area contributed by atoms with Gasteiger partial charge in [0.2, 0.25) is 0 Å². The van der Waals surface area contributed by atoms with Gasteiger partial charge in [0.15, 0.2) is 11.5 Å². The van der Waals surface area contributed by atoms with Gasteiger partial charge in [-0.3, -0.25) is 24.1 Å². The van der Waals surface area contributed by atoms with Crippen LogP contribution in [0.25, 0.3) is 0 Å². The first-order valence-electron chi connectivity index (χ1n) is 7.87. The number of rotatable bonds is 6. The number of carboxylic acid groups (broad SMARTS) is 1. The molecule has 0 saturated carbocycles. The summed E-state index contributed by atoms with van der Waals surface area (Å²) in [5.41, 5.74) is 0.454. The second-order valence-electron chi connectivity index (χ2n) is 5.47. The van der Waals surface area contributed by atoms with Crippen molar-refractivity contribution >= 4 is 29.5 Å². The van der Waals surface area contributed by atoms with Gasteiger partial charge < -0.3 is 14.6 Å². The molecular weight excluding hydrogens is 354 g/mol. The molecule has 0 bridgehead atoms. The molecule has 1 amide bonds. The number of hydrogen-bond acceptors (Lipinski definition) is 6. The number of esters is 2. The maximum absolute atomic E-state index is 12.9. The Kier molecular flexibility index (Phi) is 6.27. The minimum Gasteiger partial charge on any atom is -0.480 e. The molecule has 8 nitrogen and oxygen atoms in total. The van der Waals surface area contributed by atoms with Crippen LogP contribution in [0.1, 0.15) is 24.2 Å². The Morgan fingerprint density at radius 2 is 1.48 bits per heavy atom. The van der Waals surface area contributed by atoms with Crippen molar-refractivity contribution in [3.05, 3.63) is 54.1 Å². The number of benzene rings is 2. The summed E-state index contributed by atoms with van der Waals surface area (Å²) in [7, 11) is 0. The van der Waals surface area contributed by atoms with Gasteiger partial charge in [0, 0.05) is 25.1 Å². The number of carboxylic acids is 1. The fraction of sp³-hybridized carbons (Fsp3) is 0.158. The lowest BCUT2D eigenvalue weighted by molar-refractivity contribution is -0.135. The fourth-order valence-corrected chi connectivity index (χ4v) is 2.29. The van der Waals surface area contributed by atoms with Crippen molar-refractivity contribution < 1.29 is 33.8 Å². The first kappa shape index (κ1) is 19.6. The largest absolute Gasteiger partial charge is 0.480 e. The summed E-state index contributed by atoms with van der Waals surface area (Å²) in [5, 5.41) is 9.14. The van der Waals surface area contributed by atoms with E-state index >= 15 is 0 Å². The van der Waals surface area contributed by atoms with Crippen LogP contribution in [-0.4, -0.2) is 35.5 Å². The normalized spacial score (nSPS) is 10.0. The van der Waals surface area contributed by atoms with E-state index < -0.39 is 30.4 Å². The average molecular weight is 371 g/mol. The van der Waals surface area contributed by atoms with Crippen LogP contribution in [0.3, 0.4) is 0 Å². The lowest BCUT2D eigenvalue weighted by Gasteiger charge is -2.21. The summed E-state index contributed by atoms with van der Waals surface area (Å²) in [6, 6.07) is 12.2. The van der Waals surface area contributed by atoms with Crippen molar-refractivity contribution in [2.45, 2.75) is 13.8 Å². The third-order valence-corrected chi connectivity index (χ3v) is 3.30. The van der Waals surface area contributed by atoms with Gasteiger partial charge in [-0.2, -0.15) is 0 Å². The summed E-state index contributed by atoms with van der Waals surface area (Å²) < 4.78 is 9.96. The van der Waals surface area contributed by atoms with Crippen LogP contribution in [0.15, 0.2) is 48.5 Å². The molecule has 0 fully saturated rings. The van der Waals surface area contributed by atoms with Gasteiger partial charge in [-0.25, -0.2) is 0 Å². The van der Waals surface area contributed by atoms with Crippen LogP contribution < -0.4 is 14.4 Å². The molecule has 0 aliphatic carbocycles. The molecule has 0 aliphatic rings. The van der Waals surface area contributed by atoms with E-state index in [4.69, 9.17) is 14.6 Å². The third kappa shape index (κ3) is 5.40. The molecule has 2 aromatic carbocycles. The van der Waals surface area contributed by atoms with Crippen LogP contribution in [0.4, 0.5) is 5.69 Å². The van der Waals surface area contributed by atoms with Gasteiger partial charge in [0.05, 0.1) is 0 Å². The van der Waals surface area contributed by atoms with Gasteiger partial charge in [-0.15, -0.1) is 0 Å². The highest BCUT2D eigenvalue weighted by Crippen LogP contribution is 2.30. The molecule has 8 heteroatoms. The van der Waals surface area contributed by atoms with E-state index in [1.807, 2.05) is 0 Å². The molecule has 1 N–H and O–H groups in total. The predicted molar refractivity (Wildman–Crippen MR) is 94.8 cm³/mol. The van der Waals surface area contributed by atoms with Crippen LogP contribution in [-0.2, 0) is 14.4 Å². The number of hydrogen-bond donors (Lipinski definition) is 1. The maximum atomic E-state index is 12.9. The number of nitrogens with zero attached hydrogens (tertiary/aromatic N) is 1. The van der Waals surface area contributed by atoms with Crippen LogP contribution in [0.2, 0.25) is 0 Å². The van der Waals surface area contributed by atoms with E-state index in [1.54, 1.807) is 30.3 Å². The Hall–Kier alpha value is -3.68. The molecule has 27 heavy (non-hydrogen) atoms. The average Bonchev–Trinajstić information content (AvgIpc) is 2.60. The smallest absolute Gasteiger partial charge is 0.323 e. The second kappa shape index (κ2) is 8.61. The lowest BCUT2D eigenvalue weighted by Crippen LogP contribution is -2.35. The predicted octanol–water partition coefficient (Wildman–Crippen LogP) is 2.27. The molecule has 0 saturated heterocycles. The highest BCUT2D eigenvalue weighted by molar-refractivity contribution is 6.08. The van der Waals surface area contributed by atoms with Gasteiger partial charge in [-0.1, -0.05) is 18.2 Å². The summed E-state index contributed by atoms with van der Waals surface area (Å²) >= 11 is 0. The summed E-state index contributed by atoms with van der Waals surface area (Å²) in [5.74, 6) is -3.25. The summed E-state index contributed by atoms with van der Waals surface area (Å²) in [4.78, 5) is 47.6. The van der Waals surface area contributed by atoms with E-state index in [0.717, 1.165) is 11.8 Å². The van der Waals surface area contributed by atoms with Gasteiger partial charge in [0.1, 0.15) is 6.54 Å². The van der Waals surface area contributed by atoms with Crippen LogP contribution >= 0.6 is 0 Å². The molecule has 0 radical (unpaired) electrons. The first-order valence-corrected chi connectivity index (χ1v) is 7.87. The van der Waals surface area contributed by atoms with E-state index in [0.29, 0.717) is 5.69 Å². The van der Waals surface area contributed by atoms with Crippen molar-refractivity contribution in [3.63, 3.8) is 0 Å². The highest BCUT2D eigenvalue weighted by atomic mass is 16.6. The number of aliphatic carboxylic acids is 1.